The van der Waals surface area contributed by atoms with Crippen LogP contribution in [-0.2, 0) is 23.4 Å². The Morgan fingerprint density at radius 1 is 1.35 bits per heavy atom. The Bertz CT molecular complexity index is 872. The quantitative estimate of drug-likeness (QED) is 0.909. The maximum atomic E-state index is 12.3. The maximum Gasteiger partial charge on any atom is 0.255 e. The van der Waals surface area contributed by atoms with Crippen LogP contribution in [0.3, 0.4) is 0 Å². The molecule has 1 aromatic carbocycles. The van der Waals surface area contributed by atoms with Crippen molar-refractivity contribution in [2.45, 2.75) is 25.3 Å². The van der Waals surface area contributed by atoms with Gasteiger partial charge in [0, 0.05) is 25.5 Å². The SMILES string of the molecule is Cc1nn(C)c(C)c1C(=O)NCc1ccc(S(C)(=O)=O)c(Cl)c1. The molecule has 0 spiro atoms. The number of hydrogen-bond acceptors (Lipinski definition) is 4. The number of sulfone groups is 1. The van der Waals surface area contributed by atoms with E-state index in [-0.39, 0.29) is 22.4 Å². The van der Waals surface area contributed by atoms with Gasteiger partial charge in [-0.3, -0.25) is 9.48 Å². The average Bonchev–Trinajstić information content (AvgIpc) is 2.68. The fourth-order valence-electron chi connectivity index (χ4n) is 2.33. The Labute approximate surface area is 140 Å². The number of carbonyl (C=O) groups excluding carboxylic acids is 1. The highest BCUT2D eigenvalue weighted by Crippen LogP contribution is 2.22. The molecule has 0 radical (unpaired) electrons. The summed E-state index contributed by atoms with van der Waals surface area (Å²) in [6.07, 6.45) is 1.10. The van der Waals surface area contributed by atoms with Crippen LogP contribution in [0.25, 0.3) is 0 Å². The van der Waals surface area contributed by atoms with Crippen molar-refractivity contribution in [1.82, 2.24) is 15.1 Å². The van der Waals surface area contributed by atoms with E-state index >= 15 is 0 Å². The van der Waals surface area contributed by atoms with E-state index in [4.69, 9.17) is 11.6 Å². The van der Waals surface area contributed by atoms with Crippen LogP contribution >= 0.6 is 11.6 Å². The van der Waals surface area contributed by atoms with Gasteiger partial charge in [-0.25, -0.2) is 8.42 Å². The van der Waals surface area contributed by atoms with Gasteiger partial charge >= 0.3 is 0 Å². The van der Waals surface area contributed by atoms with E-state index in [1.54, 1.807) is 30.8 Å². The molecule has 6 nitrogen and oxygen atoms in total. The van der Waals surface area contributed by atoms with E-state index in [0.717, 1.165) is 17.5 Å². The molecule has 2 aromatic rings. The van der Waals surface area contributed by atoms with Crippen molar-refractivity contribution in [3.63, 3.8) is 0 Å². The van der Waals surface area contributed by atoms with Gasteiger partial charge in [0.25, 0.3) is 5.91 Å². The number of hydrogen-bond donors (Lipinski definition) is 1. The number of carbonyl (C=O) groups is 1. The smallest absolute Gasteiger partial charge is 0.255 e. The van der Waals surface area contributed by atoms with Crippen LogP contribution in [0.15, 0.2) is 23.1 Å². The predicted molar refractivity (Wildman–Crippen MR) is 88.4 cm³/mol. The van der Waals surface area contributed by atoms with Crippen molar-refractivity contribution in [1.29, 1.82) is 0 Å². The number of nitrogens with one attached hydrogen (secondary N) is 1. The summed E-state index contributed by atoms with van der Waals surface area (Å²) in [5.74, 6) is -0.226. The third kappa shape index (κ3) is 3.73. The first-order valence-electron chi connectivity index (χ1n) is 6.88. The van der Waals surface area contributed by atoms with Crippen molar-refractivity contribution in [3.8, 4) is 0 Å². The topological polar surface area (TPSA) is 81.1 Å². The van der Waals surface area contributed by atoms with E-state index in [1.807, 2.05) is 6.92 Å². The molecule has 0 atom stereocenters. The first-order chi connectivity index (χ1) is 10.6. The van der Waals surface area contributed by atoms with Gasteiger partial charge in [-0.1, -0.05) is 17.7 Å². The van der Waals surface area contributed by atoms with Gasteiger partial charge in [0.05, 0.1) is 21.2 Å². The summed E-state index contributed by atoms with van der Waals surface area (Å²) < 4.78 is 24.7. The van der Waals surface area contributed by atoms with E-state index in [0.29, 0.717) is 11.3 Å². The lowest BCUT2D eigenvalue weighted by Crippen LogP contribution is -2.24. The fourth-order valence-corrected chi connectivity index (χ4v) is 3.68. The van der Waals surface area contributed by atoms with Gasteiger partial charge in [-0.05, 0) is 31.5 Å². The molecule has 8 heteroatoms. The van der Waals surface area contributed by atoms with Crippen molar-refractivity contribution in [2.75, 3.05) is 6.26 Å². The van der Waals surface area contributed by atoms with E-state index in [2.05, 4.69) is 10.4 Å². The predicted octanol–water partition coefficient (Wildman–Crippen LogP) is 2.02. The van der Waals surface area contributed by atoms with Crippen molar-refractivity contribution >= 4 is 27.3 Å². The highest BCUT2D eigenvalue weighted by molar-refractivity contribution is 7.90. The van der Waals surface area contributed by atoms with Crippen LogP contribution in [0.5, 0.6) is 0 Å². The van der Waals surface area contributed by atoms with Crippen molar-refractivity contribution in [3.05, 3.63) is 45.7 Å². The molecule has 23 heavy (non-hydrogen) atoms. The van der Waals surface area contributed by atoms with Crippen molar-refractivity contribution < 1.29 is 13.2 Å². The van der Waals surface area contributed by atoms with Gasteiger partial charge in [-0.15, -0.1) is 0 Å². The Morgan fingerprint density at radius 3 is 2.48 bits per heavy atom. The Kier molecular flexibility index (Phi) is 4.81. The summed E-state index contributed by atoms with van der Waals surface area (Å²) in [5, 5.41) is 7.15. The van der Waals surface area contributed by atoms with Crippen LogP contribution in [0, 0.1) is 13.8 Å². The molecule has 1 aromatic heterocycles. The van der Waals surface area contributed by atoms with Gasteiger partial charge < -0.3 is 5.32 Å². The molecule has 0 aliphatic heterocycles. The zero-order chi connectivity index (χ0) is 17.4. The molecule has 0 aliphatic carbocycles. The molecule has 0 saturated carbocycles. The number of aromatic nitrogens is 2. The van der Waals surface area contributed by atoms with Gasteiger partial charge in [0.1, 0.15) is 0 Å². The number of amides is 1. The monoisotopic (exact) mass is 355 g/mol. The lowest BCUT2D eigenvalue weighted by Gasteiger charge is -2.08. The number of benzene rings is 1. The average molecular weight is 356 g/mol. The molecule has 0 unspecified atom stereocenters. The highest BCUT2D eigenvalue weighted by Gasteiger charge is 2.17. The molecule has 1 heterocycles. The van der Waals surface area contributed by atoms with Crippen molar-refractivity contribution in [2.24, 2.45) is 7.05 Å². The second-order valence-corrected chi connectivity index (χ2v) is 7.78. The molecule has 0 saturated heterocycles. The van der Waals surface area contributed by atoms with Crippen LogP contribution < -0.4 is 5.32 Å². The largest absolute Gasteiger partial charge is 0.348 e. The summed E-state index contributed by atoms with van der Waals surface area (Å²) in [6, 6.07) is 4.62. The summed E-state index contributed by atoms with van der Waals surface area (Å²) in [6.45, 7) is 3.85. The minimum absolute atomic E-state index is 0.0770. The molecule has 124 valence electrons. The lowest BCUT2D eigenvalue weighted by atomic mass is 10.1. The Hall–Kier alpha value is -1.86. The van der Waals surface area contributed by atoms with Gasteiger partial charge in [0.2, 0.25) is 0 Å². The molecule has 0 fully saturated rings. The van der Waals surface area contributed by atoms with E-state index in [9.17, 15) is 13.2 Å². The summed E-state index contributed by atoms with van der Waals surface area (Å²) in [5.41, 5.74) is 2.71. The maximum absolute atomic E-state index is 12.3. The summed E-state index contributed by atoms with van der Waals surface area (Å²) >= 11 is 5.99. The Balaban J connectivity index is 2.15. The summed E-state index contributed by atoms with van der Waals surface area (Å²) in [4.78, 5) is 12.4. The first kappa shape index (κ1) is 17.5. The van der Waals surface area contributed by atoms with Crippen LogP contribution in [0.1, 0.15) is 27.3 Å². The summed E-state index contributed by atoms with van der Waals surface area (Å²) in [7, 11) is -1.58. The Morgan fingerprint density at radius 2 is 2.00 bits per heavy atom. The second-order valence-electron chi connectivity index (χ2n) is 5.39. The van der Waals surface area contributed by atoms with Gasteiger partial charge in [0.15, 0.2) is 9.84 Å². The molecule has 0 aliphatic rings. The standard InChI is InChI=1S/C15H18ClN3O3S/c1-9-14(10(2)19(3)18-9)15(20)17-8-11-5-6-13(12(16)7-11)23(4,21)22/h5-7H,8H2,1-4H3,(H,17,20). The number of aryl methyl sites for hydroxylation is 2. The fraction of sp³-hybridized carbons (Fsp3) is 0.333. The molecule has 1 amide bonds. The second kappa shape index (κ2) is 6.33. The van der Waals surface area contributed by atoms with E-state index in [1.165, 1.54) is 6.07 Å². The molecular weight excluding hydrogens is 338 g/mol. The zero-order valence-electron chi connectivity index (χ0n) is 13.3. The van der Waals surface area contributed by atoms with Crippen LogP contribution in [0.4, 0.5) is 0 Å². The third-order valence-electron chi connectivity index (χ3n) is 3.58. The minimum atomic E-state index is -3.36. The highest BCUT2D eigenvalue weighted by atomic mass is 35.5. The van der Waals surface area contributed by atoms with Gasteiger partial charge in [-0.2, -0.15) is 5.10 Å². The number of halogens is 1. The normalized spacial score (nSPS) is 11.5. The zero-order valence-corrected chi connectivity index (χ0v) is 14.9. The third-order valence-corrected chi connectivity index (χ3v) is 5.16. The number of nitrogens with zero attached hydrogens (tertiary/aromatic N) is 2. The molecule has 2 rings (SSSR count). The van der Waals surface area contributed by atoms with E-state index < -0.39 is 9.84 Å². The molecule has 1 N–H and O–H groups in total. The first-order valence-corrected chi connectivity index (χ1v) is 9.15. The van der Waals surface area contributed by atoms with Crippen LogP contribution in [-0.4, -0.2) is 30.4 Å². The van der Waals surface area contributed by atoms with Crippen LogP contribution in [0.2, 0.25) is 5.02 Å². The number of rotatable bonds is 4. The minimum Gasteiger partial charge on any atom is -0.348 e. The molecular formula is C15H18ClN3O3S. The molecule has 0 bridgehead atoms. The lowest BCUT2D eigenvalue weighted by molar-refractivity contribution is 0.0949.